The van der Waals surface area contributed by atoms with Gasteiger partial charge in [0.25, 0.3) is 10.0 Å². The van der Waals surface area contributed by atoms with Gasteiger partial charge in [-0.15, -0.1) is 0 Å². The van der Waals surface area contributed by atoms with Crippen LogP contribution in [0.25, 0.3) is 21.7 Å². The zero-order valence-electron chi connectivity index (χ0n) is 16.4. The van der Waals surface area contributed by atoms with Gasteiger partial charge in [-0.3, -0.25) is 8.71 Å². The van der Waals surface area contributed by atoms with Crippen molar-refractivity contribution in [3.05, 3.63) is 84.1 Å². The molecule has 2 aromatic heterocycles. The maximum Gasteiger partial charge on any atom is 0.416 e. The van der Waals surface area contributed by atoms with Gasteiger partial charge in [-0.1, -0.05) is 36.4 Å². The molecular weight excluding hydrogens is 443 g/mol. The Hall–Kier alpha value is -3.91. The fourth-order valence-electron chi connectivity index (χ4n) is 3.06. The van der Waals surface area contributed by atoms with Crippen LogP contribution in [0.15, 0.2) is 72.0 Å². The van der Waals surface area contributed by atoms with E-state index < -0.39 is 21.8 Å². The minimum absolute atomic E-state index is 0.0112. The summed E-state index contributed by atoms with van der Waals surface area (Å²) in [4.78, 5) is 11.6. The molecule has 0 N–H and O–H groups in total. The Morgan fingerprint density at radius 1 is 1.00 bits per heavy atom. The number of hydrogen-bond donors (Lipinski definition) is 0. The van der Waals surface area contributed by atoms with Crippen LogP contribution in [0.2, 0.25) is 0 Å². The first kappa shape index (κ1) is 21.3. The van der Waals surface area contributed by atoms with E-state index >= 15 is 0 Å². The monoisotopic (exact) mass is 457 g/mol. The largest absolute Gasteiger partial charge is 0.416 e. The van der Waals surface area contributed by atoms with Crippen molar-refractivity contribution in [2.75, 3.05) is 11.4 Å². The van der Waals surface area contributed by atoms with E-state index in [1.807, 2.05) is 0 Å². The molecule has 0 aliphatic heterocycles. The average Bonchev–Trinajstić information content (AvgIpc) is 3.21. The van der Waals surface area contributed by atoms with Crippen LogP contribution >= 0.6 is 0 Å². The summed E-state index contributed by atoms with van der Waals surface area (Å²) < 4.78 is 67.0. The molecule has 32 heavy (non-hydrogen) atoms. The van der Waals surface area contributed by atoms with Crippen molar-refractivity contribution in [1.29, 1.82) is 0 Å². The number of alkyl halides is 3. The van der Waals surface area contributed by atoms with Crippen molar-refractivity contribution >= 4 is 27.2 Å². The molecule has 0 atom stereocenters. The van der Waals surface area contributed by atoms with E-state index in [4.69, 9.17) is 6.57 Å². The third kappa shape index (κ3) is 3.76. The smallest absolute Gasteiger partial charge is 0.295 e. The molecule has 4 rings (SSSR count). The van der Waals surface area contributed by atoms with Crippen molar-refractivity contribution in [2.45, 2.75) is 11.1 Å². The zero-order valence-corrected chi connectivity index (χ0v) is 17.3. The Morgan fingerprint density at radius 2 is 1.66 bits per heavy atom. The summed E-state index contributed by atoms with van der Waals surface area (Å²) in [6, 6.07) is 10.1. The van der Waals surface area contributed by atoms with Crippen LogP contribution in [0.3, 0.4) is 0 Å². The van der Waals surface area contributed by atoms with Gasteiger partial charge >= 0.3 is 6.18 Å². The molecule has 2 heterocycles. The molecule has 0 spiro atoms. The van der Waals surface area contributed by atoms with Gasteiger partial charge in [-0.25, -0.2) is 23.2 Å². The molecule has 0 aliphatic rings. The van der Waals surface area contributed by atoms with Crippen LogP contribution in [-0.4, -0.2) is 29.8 Å². The lowest BCUT2D eigenvalue weighted by Gasteiger charge is -2.19. The fraction of sp³-hybridized carbons (Fsp3) is 0.0952. The van der Waals surface area contributed by atoms with E-state index in [-0.39, 0.29) is 10.7 Å². The second kappa shape index (κ2) is 7.65. The molecule has 0 bridgehead atoms. The van der Waals surface area contributed by atoms with Crippen LogP contribution in [0, 0.1) is 6.57 Å². The summed E-state index contributed by atoms with van der Waals surface area (Å²) in [6.45, 7) is 6.97. The lowest BCUT2D eigenvalue weighted by Crippen LogP contribution is -2.27. The minimum Gasteiger partial charge on any atom is -0.295 e. The predicted molar refractivity (Wildman–Crippen MR) is 112 cm³/mol. The number of sulfonamides is 1. The number of benzene rings is 2. The first-order valence-electron chi connectivity index (χ1n) is 9.08. The third-order valence-electron chi connectivity index (χ3n) is 4.84. The van der Waals surface area contributed by atoms with Gasteiger partial charge in [0.15, 0.2) is 17.2 Å². The average molecular weight is 457 g/mol. The molecule has 0 amide bonds. The SMILES string of the molecule is [C-]#[N+]c1ccc(S(=O)(=O)N(C)c2cn3c(-c4ccc(C(F)(F)F)cc4)cnc3cn2)cc1. The topological polar surface area (TPSA) is 71.9 Å². The van der Waals surface area contributed by atoms with E-state index in [0.717, 1.165) is 16.4 Å². The Bertz CT molecular complexity index is 1440. The molecule has 0 saturated carbocycles. The number of imidazole rings is 1. The molecule has 2 aromatic carbocycles. The van der Waals surface area contributed by atoms with Gasteiger partial charge < -0.3 is 0 Å². The summed E-state index contributed by atoms with van der Waals surface area (Å²) in [5.41, 5.74) is 0.890. The summed E-state index contributed by atoms with van der Waals surface area (Å²) >= 11 is 0. The van der Waals surface area contributed by atoms with Gasteiger partial charge in [-0.05, 0) is 12.1 Å². The van der Waals surface area contributed by atoms with Crippen LogP contribution in [0.1, 0.15) is 5.56 Å². The van der Waals surface area contributed by atoms with Gasteiger partial charge in [0.1, 0.15) is 0 Å². The maximum atomic E-state index is 13.0. The van der Waals surface area contributed by atoms with E-state index in [2.05, 4.69) is 14.8 Å². The lowest BCUT2D eigenvalue weighted by molar-refractivity contribution is -0.137. The highest BCUT2D eigenvalue weighted by atomic mass is 32.2. The second-order valence-electron chi connectivity index (χ2n) is 6.77. The molecule has 7 nitrogen and oxygen atoms in total. The Morgan fingerprint density at radius 3 is 2.25 bits per heavy atom. The Kier molecular flexibility index (Phi) is 5.10. The van der Waals surface area contributed by atoms with E-state index in [9.17, 15) is 21.6 Å². The molecule has 11 heteroatoms. The number of fused-ring (bicyclic) bond motifs is 1. The molecule has 0 saturated heterocycles. The number of hydrogen-bond acceptors (Lipinski definition) is 4. The van der Waals surface area contributed by atoms with E-state index in [1.54, 1.807) is 4.40 Å². The second-order valence-corrected chi connectivity index (χ2v) is 8.74. The standard InChI is InChI=1S/C21H14F3N5O2S/c1-25-16-7-9-17(10-8-16)32(30,31)28(2)20-13-29-18(11-26-19(29)12-27-20)14-3-5-15(6-4-14)21(22,23)24/h3-13H,2H3. The van der Waals surface area contributed by atoms with Gasteiger partial charge in [0.2, 0.25) is 0 Å². The van der Waals surface area contributed by atoms with Gasteiger partial charge in [0.05, 0.1) is 41.3 Å². The molecule has 0 fully saturated rings. The van der Waals surface area contributed by atoms with Gasteiger partial charge in [0, 0.05) is 12.6 Å². The Labute approximate surface area is 181 Å². The highest BCUT2D eigenvalue weighted by Crippen LogP contribution is 2.31. The minimum atomic E-state index is -4.45. The van der Waals surface area contributed by atoms with Crippen LogP contribution in [0.5, 0.6) is 0 Å². The normalized spacial score (nSPS) is 12.0. The van der Waals surface area contributed by atoms with E-state index in [1.165, 1.54) is 62.0 Å². The molecule has 0 unspecified atom stereocenters. The molecular formula is C21H14F3N5O2S. The Balaban J connectivity index is 1.73. The van der Waals surface area contributed by atoms with E-state index in [0.29, 0.717) is 22.6 Å². The van der Waals surface area contributed by atoms with Gasteiger partial charge in [-0.2, -0.15) is 13.2 Å². The zero-order chi connectivity index (χ0) is 23.1. The van der Waals surface area contributed by atoms with Crippen molar-refractivity contribution in [3.63, 3.8) is 0 Å². The van der Waals surface area contributed by atoms with Crippen molar-refractivity contribution in [1.82, 2.24) is 14.4 Å². The first-order valence-corrected chi connectivity index (χ1v) is 10.5. The van der Waals surface area contributed by atoms with Crippen LogP contribution < -0.4 is 4.31 Å². The summed E-state index contributed by atoms with van der Waals surface area (Å²) in [6.07, 6.45) is -0.155. The lowest BCUT2D eigenvalue weighted by atomic mass is 10.1. The summed E-state index contributed by atoms with van der Waals surface area (Å²) in [5.74, 6) is 0.0814. The quantitative estimate of drug-likeness (QED) is 0.413. The van der Waals surface area contributed by atoms with Crippen LogP contribution in [-0.2, 0) is 16.2 Å². The molecule has 162 valence electrons. The third-order valence-corrected chi connectivity index (χ3v) is 6.61. The summed E-state index contributed by atoms with van der Waals surface area (Å²) in [5, 5.41) is 0. The first-order chi connectivity index (χ1) is 15.1. The molecule has 0 aliphatic carbocycles. The predicted octanol–water partition coefficient (Wildman–Crippen LogP) is 4.79. The number of halogens is 3. The number of nitrogens with zero attached hydrogens (tertiary/aromatic N) is 5. The maximum absolute atomic E-state index is 13.0. The van der Waals surface area contributed by atoms with Crippen molar-refractivity contribution in [2.24, 2.45) is 0 Å². The molecule has 0 radical (unpaired) electrons. The number of aromatic nitrogens is 3. The van der Waals surface area contributed by atoms with Crippen molar-refractivity contribution < 1.29 is 21.6 Å². The highest BCUT2D eigenvalue weighted by molar-refractivity contribution is 7.92. The summed E-state index contributed by atoms with van der Waals surface area (Å²) in [7, 11) is -2.62. The highest BCUT2D eigenvalue weighted by Gasteiger charge is 2.30. The number of anilines is 1. The van der Waals surface area contributed by atoms with Crippen molar-refractivity contribution in [3.8, 4) is 11.3 Å². The number of rotatable bonds is 4. The molecule has 4 aromatic rings. The fourth-order valence-corrected chi connectivity index (χ4v) is 4.20. The van der Waals surface area contributed by atoms with Crippen LogP contribution in [0.4, 0.5) is 24.7 Å².